The lowest BCUT2D eigenvalue weighted by Crippen LogP contribution is -2.24. The van der Waals surface area contributed by atoms with Crippen molar-refractivity contribution >= 4 is 15.5 Å². The van der Waals surface area contributed by atoms with E-state index in [9.17, 15) is 13.2 Å². The molecule has 0 radical (unpaired) electrons. The Morgan fingerprint density at radius 1 is 1.15 bits per heavy atom. The van der Waals surface area contributed by atoms with Crippen LogP contribution in [0, 0.1) is 0 Å². The van der Waals surface area contributed by atoms with Crippen LogP contribution in [-0.2, 0) is 16.4 Å². The molecule has 0 aliphatic heterocycles. The predicted octanol–water partition coefficient (Wildman–Crippen LogP) is 2.29. The Labute approximate surface area is 152 Å². The van der Waals surface area contributed by atoms with Gasteiger partial charge in [-0.2, -0.15) is 0 Å². The third-order valence-electron chi connectivity index (χ3n) is 4.49. The largest absolute Gasteiger partial charge is 0.294 e. The molecular weight excluding hydrogens is 350 g/mol. The van der Waals surface area contributed by atoms with E-state index < -0.39 is 9.84 Å². The highest BCUT2D eigenvalue weighted by atomic mass is 32.2. The molecule has 0 fully saturated rings. The topological polar surface area (TPSA) is 71.8 Å². The van der Waals surface area contributed by atoms with Crippen LogP contribution in [-0.4, -0.2) is 36.0 Å². The van der Waals surface area contributed by atoms with Gasteiger partial charge < -0.3 is 0 Å². The van der Waals surface area contributed by atoms with E-state index in [4.69, 9.17) is 0 Å². The molecule has 0 amide bonds. The SMILES string of the molecule is CC(c1ccc(S(C)(=O)=O)cc1)N(C)Cc1cc(=O)n2ccccc2n1. The molecule has 6 nitrogen and oxygen atoms in total. The smallest absolute Gasteiger partial charge is 0.258 e. The lowest BCUT2D eigenvalue weighted by atomic mass is 10.1. The Hall–Kier alpha value is -2.51. The van der Waals surface area contributed by atoms with Crippen molar-refractivity contribution in [1.29, 1.82) is 0 Å². The number of hydrogen-bond acceptors (Lipinski definition) is 5. The first-order chi connectivity index (χ1) is 12.3. The van der Waals surface area contributed by atoms with E-state index in [1.165, 1.54) is 10.7 Å². The maximum Gasteiger partial charge on any atom is 0.258 e. The molecule has 1 aromatic carbocycles. The average Bonchev–Trinajstić information content (AvgIpc) is 2.60. The normalized spacial score (nSPS) is 13.2. The standard InChI is InChI=1S/C19H21N3O3S/c1-14(15-7-9-17(10-8-15)26(3,24)25)21(2)13-16-12-19(23)22-11-5-4-6-18(22)20-16/h4-12,14H,13H2,1-3H3. The van der Waals surface area contributed by atoms with Gasteiger partial charge >= 0.3 is 0 Å². The molecule has 0 N–H and O–H groups in total. The number of aromatic nitrogens is 2. The fourth-order valence-electron chi connectivity index (χ4n) is 2.82. The molecule has 1 unspecified atom stereocenters. The average molecular weight is 371 g/mol. The first-order valence-electron chi connectivity index (χ1n) is 8.23. The van der Waals surface area contributed by atoms with Crippen molar-refractivity contribution in [3.05, 3.63) is 76.3 Å². The second-order valence-corrected chi connectivity index (χ2v) is 8.46. The summed E-state index contributed by atoms with van der Waals surface area (Å²) in [7, 11) is -1.25. The highest BCUT2D eigenvalue weighted by Crippen LogP contribution is 2.22. The Bertz CT molecular complexity index is 1090. The fraction of sp³-hybridized carbons (Fsp3) is 0.263. The molecule has 3 aromatic rings. The summed E-state index contributed by atoms with van der Waals surface area (Å²) in [6.45, 7) is 2.54. The molecule has 0 aliphatic rings. The maximum absolute atomic E-state index is 12.2. The summed E-state index contributed by atoms with van der Waals surface area (Å²) in [5.41, 5.74) is 2.21. The quantitative estimate of drug-likeness (QED) is 0.688. The van der Waals surface area contributed by atoms with Crippen LogP contribution in [0.4, 0.5) is 0 Å². The number of fused-ring (bicyclic) bond motifs is 1. The van der Waals surface area contributed by atoms with E-state index in [1.54, 1.807) is 36.5 Å². The van der Waals surface area contributed by atoms with E-state index in [0.717, 1.165) is 5.56 Å². The van der Waals surface area contributed by atoms with E-state index in [1.807, 2.05) is 32.2 Å². The number of hydrogen-bond donors (Lipinski definition) is 0. The van der Waals surface area contributed by atoms with Gasteiger partial charge in [-0.15, -0.1) is 0 Å². The van der Waals surface area contributed by atoms with E-state index in [-0.39, 0.29) is 11.6 Å². The monoisotopic (exact) mass is 371 g/mol. The minimum Gasteiger partial charge on any atom is -0.294 e. The second kappa shape index (κ2) is 7.01. The van der Waals surface area contributed by atoms with E-state index in [0.29, 0.717) is 22.8 Å². The van der Waals surface area contributed by atoms with Crippen LogP contribution in [0.25, 0.3) is 5.65 Å². The van der Waals surface area contributed by atoms with Crippen molar-refractivity contribution in [2.45, 2.75) is 24.4 Å². The van der Waals surface area contributed by atoms with Crippen LogP contribution < -0.4 is 5.56 Å². The van der Waals surface area contributed by atoms with Crippen molar-refractivity contribution < 1.29 is 8.42 Å². The molecule has 0 saturated carbocycles. The lowest BCUT2D eigenvalue weighted by Gasteiger charge is -2.25. The maximum atomic E-state index is 12.2. The van der Waals surface area contributed by atoms with Gasteiger partial charge in [-0.1, -0.05) is 18.2 Å². The van der Waals surface area contributed by atoms with Crippen molar-refractivity contribution in [2.24, 2.45) is 0 Å². The van der Waals surface area contributed by atoms with Crippen LogP contribution in [0.5, 0.6) is 0 Å². The molecule has 26 heavy (non-hydrogen) atoms. The molecule has 2 aromatic heterocycles. The van der Waals surface area contributed by atoms with Crippen LogP contribution >= 0.6 is 0 Å². The Morgan fingerprint density at radius 3 is 2.50 bits per heavy atom. The molecule has 0 spiro atoms. The van der Waals surface area contributed by atoms with Gasteiger partial charge in [-0.25, -0.2) is 13.4 Å². The van der Waals surface area contributed by atoms with Crippen LogP contribution in [0.2, 0.25) is 0 Å². The number of nitrogens with zero attached hydrogens (tertiary/aromatic N) is 3. The number of benzene rings is 1. The zero-order valence-corrected chi connectivity index (χ0v) is 15.8. The van der Waals surface area contributed by atoms with Gasteiger partial charge in [-0.3, -0.25) is 14.1 Å². The molecule has 0 bridgehead atoms. The van der Waals surface area contributed by atoms with E-state index >= 15 is 0 Å². The van der Waals surface area contributed by atoms with Crippen molar-refractivity contribution in [2.75, 3.05) is 13.3 Å². The molecule has 0 aliphatic carbocycles. The zero-order chi connectivity index (χ0) is 18.9. The number of rotatable bonds is 5. The van der Waals surface area contributed by atoms with Crippen LogP contribution in [0.15, 0.2) is 64.4 Å². The van der Waals surface area contributed by atoms with Gasteiger partial charge in [0.1, 0.15) is 5.65 Å². The second-order valence-electron chi connectivity index (χ2n) is 6.45. The van der Waals surface area contributed by atoms with Gasteiger partial charge in [0, 0.05) is 31.1 Å². The summed E-state index contributed by atoms with van der Waals surface area (Å²) >= 11 is 0. The molecule has 2 heterocycles. The summed E-state index contributed by atoms with van der Waals surface area (Å²) in [5, 5.41) is 0. The summed E-state index contributed by atoms with van der Waals surface area (Å²) in [5.74, 6) is 0. The Morgan fingerprint density at radius 2 is 1.85 bits per heavy atom. The molecule has 0 saturated heterocycles. The van der Waals surface area contributed by atoms with Crippen molar-refractivity contribution in [3.8, 4) is 0 Å². The minimum atomic E-state index is -3.20. The van der Waals surface area contributed by atoms with E-state index in [2.05, 4.69) is 9.88 Å². The highest BCUT2D eigenvalue weighted by Gasteiger charge is 2.15. The van der Waals surface area contributed by atoms with Gasteiger partial charge in [0.05, 0.1) is 10.6 Å². The molecule has 7 heteroatoms. The summed E-state index contributed by atoms with van der Waals surface area (Å²) < 4.78 is 24.7. The van der Waals surface area contributed by atoms with Gasteiger partial charge in [-0.05, 0) is 43.8 Å². The minimum absolute atomic E-state index is 0.0413. The summed E-state index contributed by atoms with van der Waals surface area (Å²) in [4.78, 5) is 19.1. The highest BCUT2D eigenvalue weighted by molar-refractivity contribution is 7.90. The Balaban J connectivity index is 1.81. The predicted molar refractivity (Wildman–Crippen MR) is 101 cm³/mol. The van der Waals surface area contributed by atoms with Crippen molar-refractivity contribution in [1.82, 2.24) is 14.3 Å². The van der Waals surface area contributed by atoms with Crippen LogP contribution in [0.1, 0.15) is 24.2 Å². The zero-order valence-electron chi connectivity index (χ0n) is 15.0. The summed E-state index contributed by atoms with van der Waals surface area (Å²) in [6, 6.07) is 13.9. The molecule has 136 valence electrons. The van der Waals surface area contributed by atoms with Crippen molar-refractivity contribution in [3.63, 3.8) is 0 Å². The summed E-state index contributed by atoms with van der Waals surface area (Å²) in [6.07, 6.45) is 2.89. The Kier molecular flexibility index (Phi) is 4.93. The van der Waals surface area contributed by atoms with Gasteiger partial charge in [0.15, 0.2) is 9.84 Å². The van der Waals surface area contributed by atoms with Gasteiger partial charge in [0.25, 0.3) is 5.56 Å². The third-order valence-corrected chi connectivity index (χ3v) is 5.62. The lowest BCUT2D eigenvalue weighted by molar-refractivity contribution is 0.250. The molecular formula is C19H21N3O3S. The number of sulfone groups is 1. The van der Waals surface area contributed by atoms with Crippen LogP contribution in [0.3, 0.4) is 0 Å². The fourth-order valence-corrected chi connectivity index (χ4v) is 3.45. The first-order valence-corrected chi connectivity index (χ1v) is 10.1. The molecule has 1 atom stereocenters. The third kappa shape index (κ3) is 3.84. The number of pyridine rings is 1. The molecule has 3 rings (SSSR count). The first kappa shape index (κ1) is 18.3. The van der Waals surface area contributed by atoms with Gasteiger partial charge in [0.2, 0.25) is 0 Å².